The Balaban J connectivity index is 2.86. The fourth-order valence-corrected chi connectivity index (χ4v) is 1.47. The highest BCUT2D eigenvalue weighted by Crippen LogP contribution is 2.19. The molecule has 0 aliphatic rings. The smallest absolute Gasteiger partial charge is 0.111 e. The van der Waals surface area contributed by atoms with E-state index in [1.54, 1.807) is 0 Å². The molecule has 0 fully saturated rings. The van der Waals surface area contributed by atoms with E-state index in [4.69, 9.17) is 10.5 Å². The van der Waals surface area contributed by atoms with Crippen LogP contribution in [-0.2, 0) is 4.74 Å². The molecule has 1 heterocycles. The van der Waals surface area contributed by atoms with Crippen molar-refractivity contribution < 1.29 is 4.74 Å². The van der Waals surface area contributed by atoms with Gasteiger partial charge in [0.2, 0.25) is 0 Å². The number of rotatable bonds is 5. The van der Waals surface area contributed by atoms with Crippen molar-refractivity contribution in [2.24, 2.45) is 5.73 Å². The Labute approximate surface area is 85.1 Å². The predicted octanol–water partition coefficient (Wildman–Crippen LogP) is 1.50. The zero-order valence-corrected chi connectivity index (χ0v) is 9.10. The summed E-state index contributed by atoms with van der Waals surface area (Å²) in [5.74, 6) is 0. The lowest BCUT2D eigenvalue weighted by Gasteiger charge is -2.19. The SMILES string of the molecule is CCOC(CN)c1cncn1C(C)C. The minimum absolute atomic E-state index is 0.0371. The quantitative estimate of drug-likeness (QED) is 0.778. The van der Waals surface area contributed by atoms with Gasteiger partial charge in [-0.25, -0.2) is 4.98 Å². The van der Waals surface area contributed by atoms with E-state index in [-0.39, 0.29) is 6.10 Å². The Hall–Kier alpha value is -0.870. The third-order valence-electron chi connectivity index (χ3n) is 2.16. The van der Waals surface area contributed by atoms with Crippen LogP contribution in [0.4, 0.5) is 0 Å². The molecule has 0 saturated carbocycles. The van der Waals surface area contributed by atoms with Crippen LogP contribution in [0.2, 0.25) is 0 Å². The van der Waals surface area contributed by atoms with Gasteiger partial charge in [0.05, 0.1) is 18.2 Å². The van der Waals surface area contributed by atoms with Gasteiger partial charge in [0, 0.05) is 19.2 Å². The summed E-state index contributed by atoms with van der Waals surface area (Å²) < 4.78 is 7.63. The third-order valence-corrected chi connectivity index (χ3v) is 2.16. The maximum absolute atomic E-state index is 5.65. The molecule has 0 radical (unpaired) electrons. The summed E-state index contributed by atoms with van der Waals surface area (Å²) in [7, 11) is 0. The van der Waals surface area contributed by atoms with Gasteiger partial charge in [0.1, 0.15) is 6.10 Å². The first-order chi connectivity index (χ1) is 6.70. The van der Waals surface area contributed by atoms with E-state index in [1.807, 2.05) is 19.4 Å². The Morgan fingerprint density at radius 1 is 1.57 bits per heavy atom. The lowest BCUT2D eigenvalue weighted by molar-refractivity contribution is 0.0625. The molecule has 1 rings (SSSR count). The van der Waals surface area contributed by atoms with E-state index in [1.165, 1.54) is 0 Å². The molecule has 1 aromatic heterocycles. The molecule has 0 aliphatic carbocycles. The zero-order valence-electron chi connectivity index (χ0n) is 9.10. The van der Waals surface area contributed by atoms with Crippen LogP contribution in [0.25, 0.3) is 0 Å². The van der Waals surface area contributed by atoms with E-state index in [2.05, 4.69) is 23.4 Å². The summed E-state index contributed by atoms with van der Waals surface area (Å²) in [6.45, 7) is 7.37. The van der Waals surface area contributed by atoms with Crippen LogP contribution < -0.4 is 5.73 Å². The van der Waals surface area contributed by atoms with E-state index in [0.717, 1.165) is 5.69 Å². The zero-order chi connectivity index (χ0) is 10.6. The third kappa shape index (κ3) is 2.33. The molecule has 4 heteroatoms. The van der Waals surface area contributed by atoms with E-state index in [0.29, 0.717) is 19.2 Å². The summed E-state index contributed by atoms with van der Waals surface area (Å²) in [4.78, 5) is 4.12. The molecular formula is C10H19N3O. The number of ether oxygens (including phenoxy) is 1. The van der Waals surface area contributed by atoms with Gasteiger partial charge < -0.3 is 15.0 Å². The van der Waals surface area contributed by atoms with Gasteiger partial charge in [-0.1, -0.05) is 0 Å². The average Bonchev–Trinajstić information content (AvgIpc) is 2.62. The summed E-state index contributed by atoms with van der Waals surface area (Å²) in [5.41, 5.74) is 6.71. The molecule has 0 bridgehead atoms. The fourth-order valence-electron chi connectivity index (χ4n) is 1.47. The van der Waals surface area contributed by atoms with Gasteiger partial charge in [-0.05, 0) is 20.8 Å². The summed E-state index contributed by atoms with van der Waals surface area (Å²) in [5, 5.41) is 0. The van der Waals surface area contributed by atoms with Crippen LogP contribution in [-0.4, -0.2) is 22.7 Å². The minimum atomic E-state index is -0.0371. The molecule has 1 unspecified atom stereocenters. The standard InChI is InChI=1S/C10H19N3O/c1-4-14-10(5-11)9-6-12-7-13(9)8(2)3/h6-8,10H,4-5,11H2,1-3H3. The topological polar surface area (TPSA) is 53.1 Å². The maximum Gasteiger partial charge on any atom is 0.111 e. The first-order valence-corrected chi connectivity index (χ1v) is 5.04. The number of nitrogens with two attached hydrogens (primary N) is 1. The molecule has 0 aliphatic heterocycles. The van der Waals surface area contributed by atoms with Crippen molar-refractivity contribution in [2.75, 3.05) is 13.2 Å². The maximum atomic E-state index is 5.65. The normalized spacial score (nSPS) is 13.5. The second kappa shape index (κ2) is 5.12. The molecule has 0 spiro atoms. The molecule has 1 atom stereocenters. The lowest BCUT2D eigenvalue weighted by Crippen LogP contribution is -2.19. The Bertz CT molecular complexity index is 270. The van der Waals surface area contributed by atoms with Crippen molar-refractivity contribution in [3.05, 3.63) is 18.2 Å². The first-order valence-electron chi connectivity index (χ1n) is 5.04. The molecule has 0 saturated heterocycles. The molecule has 0 amide bonds. The molecule has 1 aromatic rings. The van der Waals surface area contributed by atoms with Crippen molar-refractivity contribution in [1.29, 1.82) is 0 Å². The van der Waals surface area contributed by atoms with Crippen molar-refractivity contribution in [1.82, 2.24) is 9.55 Å². The number of hydrogen-bond acceptors (Lipinski definition) is 3. The number of imidazole rings is 1. The Morgan fingerprint density at radius 2 is 2.29 bits per heavy atom. The number of aromatic nitrogens is 2. The van der Waals surface area contributed by atoms with Crippen LogP contribution in [0, 0.1) is 0 Å². The first kappa shape index (κ1) is 11.2. The van der Waals surface area contributed by atoms with Gasteiger partial charge in [0.25, 0.3) is 0 Å². The monoisotopic (exact) mass is 197 g/mol. The molecule has 2 N–H and O–H groups in total. The molecule has 4 nitrogen and oxygen atoms in total. The van der Waals surface area contributed by atoms with E-state index >= 15 is 0 Å². The van der Waals surface area contributed by atoms with E-state index < -0.39 is 0 Å². The molecule has 14 heavy (non-hydrogen) atoms. The second-order valence-electron chi connectivity index (χ2n) is 3.50. The summed E-state index contributed by atoms with van der Waals surface area (Å²) in [6, 6.07) is 0.391. The largest absolute Gasteiger partial charge is 0.371 e. The van der Waals surface area contributed by atoms with Gasteiger partial charge in [0.15, 0.2) is 0 Å². The van der Waals surface area contributed by atoms with Crippen LogP contribution in [0.1, 0.15) is 38.6 Å². The predicted molar refractivity (Wildman–Crippen MR) is 56.0 cm³/mol. The summed E-state index contributed by atoms with van der Waals surface area (Å²) >= 11 is 0. The highest BCUT2D eigenvalue weighted by molar-refractivity contribution is 5.04. The summed E-state index contributed by atoms with van der Waals surface area (Å²) in [6.07, 6.45) is 3.61. The van der Waals surface area contributed by atoms with E-state index in [9.17, 15) is 0 Å². The molecule has 0 aromatic carbocycles. The molecule has 80 valence electrons. The average molecular weight is 197 g/mol. The van der Waals surface area contributed by atoms with Gasteiger partial charge >= 0.3 is 0 Å². The fraction of sp³-hybridized carbons (Fsp3) is 0.700. The highest BCUT2D eigenvalue weighted by Gasteiger charge is 2.15. The van der Waals surface area contributed by atoms with Crippen LogP contribution >= 0.6 is 0 Å². The molecular weight excluding hydrogens is 178 g/mol. The Morgan fingerprint density at radius 3 is 2.79 bits per heavy atom. The van der Waals surface area contributed by atoms with Crippen molar-refractivity contribution in [3.8, 4) is 0 Å². The number of nitrogens with zero attached hydrogens (tertiary/aromatic N) is 2. The van der Waals surface area contributed by atoms with Crippen LogP contribution in [0.3, 0.4) is 0 Å². The van der Waals surface area contributed by atoms with Crippen LogP contribution in [0.5, 0.6) is 0 Å². The Kier molecular flexibility index (Phi) is 4.10. The minimum Gasteiger partial charge on any atom is -0.371 e. The van der Waals surface area contributed by atoms with Crippen LogP contribution in [0.15, 0.2) is 12.5 Å². The second-order valence-corrected chi connectivity index (χ2v) is 3.50. The van der Waals surface area contributed by atoms with Gasteiger partial charge in [-0.15, -0.1) is 0 Å². The number of hydrogen-bond donors (Lipinski definition) is 1. The van der Waals surface area contributed by atoms with Gasteiger partial charge in [-0.2, -0.15) is 0 Å². The van der Waals surface area contributed by atoms with Crippen molar-refractivity contribution in [2.45, 2.75) is 32.9 Å². The van der Waals surface area contributed by atoms with Crippen molar-refractivity contribution >= 4 is 0 Å². The van der Waals surface area contributed by atoms with Gasteiger partial charge in [-0.3, -0.25) is 0 Å². The lowest BCUT2D eigenvalue weighted by atomic mass is 10.2. The van der Waals surface area contributed by atoms with Crippen molar-refractivity contribution in [3.63, 3.8) is 0 Å². The highest BCUT2D eigenvalue weighted by atomic mass is 16.5.